The zero-order valence-electron chi connectivity index (χ0n) is 15.8. The second-order valence-electron chi connectivity index (χ2n) is 7.04. The standard InChI is InChI=1S/C24H24N2Si2/c1-3-17-25-23(5-1)27-21-13-9-19(10-14-21)7-8-20-11-15-22(16-12-20)28-24-6-2-4-18-26-24/h1-18,23,25H,27-28H2. The molecule has 0 aliphatic carbocycles. The molecule has 4 rings (SSSR count). The van der Waals surface area contributed by atoms with E-state index in [1.54, 1.807) is 0 Å². The van der Waals surface area contributed by atoms with Gasteiger partial charge in [0.1, 0.15) is 9.52 Å². The van der Waals surface area contributed by atoms with Crippen LogP contribution in [0.4, 0.5) is 0 Å². The summed E-state index contributed by atoms with van der Waals surface area (Å²) in [6.45, 7) is 0. The largest absolute Gasteiger partial charge is 0.388 e. The van der Waals surface area contributed by atoms with Crippen LogP contribution in [-0.4, -0.2) is 29.7 Å². The Morgan fingerprint density at radius 2 is 1.50 bits per heavy atom. The summed E-state index contributed by atoms with van der Waals surface area (Å²) in [7, 11) is -0.818. The van der Waals surface area contributed by atoms with Gasteiger partial charge in [-0.1, -0.05) is 89.3 Å². The predicted octanol–water partition coefficient (Wildman–Crippen LogP) is 1.16. The van der Waals surface area contributed by atoms with Crippen LogP contribution in [0.5, 0.6) is 0 Å². The molecule has 1 atom stereocenters. The van der Waals surface area contributed by atoms with E-state index in [4.69, 9.17) is 0 Å². The summed E-state index contributed by atoms with van der Waals surface area (Å²) >= 11 is 0. The molecule has 1 aliphatic heterocycles. The second kappa shape index (κ2) is 9.30. The average molecular weight is 397 g/mol. The maximum Gasteiger partial charge on any atom is 0.111 e. The zero-order valence-corrected chi connectivity index (χ0v) is 18.7. The quantitative estimate of drug-likeness (QED) is 0.500. The Balaban J connectivity index is 1.34. The minimum absolute atomic E-state index is 0.342. The van der Waals surface area contributed by atoms with Gasteiger partial charge in [0, 0.05) is 17.2 Å². The minimum Gasteiger partial charge on any atom is -0.388 e. The van der Waals surface area contributed by atoms with E-state index in [2.05, 4.69) is 95.3 Å². The number of dihydropyridines is 1. The summed E-state index contributed by atoms with van der Waals surface area (Å²) in [6.07, 6.45) is 14.8. The van der Waals surface area contributed by atoms with Crippen LogP contribution < -0.4 is 21.0 Å². The van der Waals surface area contributed by atoms with Gasteiger partial charge in [-0.3, -0.25) is 4.98 Å². The zero-order chi connectivity index (χ0) is 19.0. The van der Waals surface area contributed by atoms with Crippen LogP contribution in [0, 0.1) is 0 Å². The molecule has 28 heavy (non-hydrogen) atoms. The molecule has 138 valence electrons. The number of rotatable bonds is 6. The van der Waals surface area contributed by atoms with Crippen molar-refractivity contribution in [1.82, 2.24) is 10.3 Å². The number of nitrogens with zero attached hydrogens (tertiary/aromatic N) is 1. The lowest BCUT2D eigenvalue weighted by atomic mass is 10.1. The Bertz CT molecular complexity index is 975. The first-order chi connectivity index (χ1) is 13.8. The number of benzene rings is 2. The van der Waals surface area contributed by atoms with Gasteiger partial charge in [0.05, 0.1) is 9.52 Å². The van der Waals surface area contributed by atoms with Crippen LogP contribution in [0.25, 0.3) is 12.2 Å². The van der Waals surface area contributed by atoms with Gasteiger partial charge in [0.2, 0.25) is 0 Å². The van der Waals surface area contributed by atoms with E-state index in [-0.39, 0.29) is 9.52 Å². The maximum atomic E-state index is 4.46. The predicted molar refractivity (Wildman–Crippen MR) is 127 cm³/mol. The molecule has 0 saturated heterocycles. The summed E-state index contributed by atoms with van der Waals surface area (Å²) in [4.78, 5) is 4.46. The van der Waals surface area contributed by atoms with Crippen LogP contribution in [0.3, 0.4) is 0 Å². The molecule has 0 saturated carbocycles. The third-order valence-electron chi connectivity index (χ3n) is 4.86. The fourth-order valence-electron chi connectivity index (χ4n) is 3.29. The molecule has 2 heterocycles. The average Bonchev–Trinajstić information content (AvgIpc) is 2.76. The van der Waals surface area contributed by atoms with Crippen molar-refractivity contribution >= 4 is 46.9 Å². The normalized spacial score (nSPS) is 16.5. The molecule has 0 fully saturated rings. The number of hydrogen-bond acceptors (Lipinski definition) is 2. The van der Waals surface area contributed by atoms with E-state index >= 15 is 0 Å². The SMILES string of the molecule is C1=CNC([SiH2]c2ccc(C=Cc3ccc([SiH2]c4ccccn4)cc3)cc2)C=C1. The van der Waals surface area contributed by atoms with Gasteiger partial charge in [-0.2, -0.15) is 0 Å². The summed E-state index contributed by atoms with van der Waals surface area (Å²) in [5.41, 5.74) is 3.01. The lowest BCUT2D eigenvalue weighted by molar-refractivity contribution is 0.894. The van der Waals surface area contributed by atoms with Gasteiger partial charge in [0.25, 0.3) is 0 Å². The Hall–Kier alpha value is -2.96. The van der Waals surface area contributed by atoms with Gasteiger partial charge >= 0.3 is 0 Å². The Labute approximate surface area is 171 Å². The number of nitrogens with one attached hydrogen (secondary N) is 1. The topological polar surface area (TPSA) is 24.9 Å². The number of aromatic nitrogens is 1. The van der Waals surface area contributed by atoms with E-state index in [1.165, 1.54) is 26.8 Å². The van der Waals surface area contributed by atoms with E-state index < -0.39 is 9.52 Å². The van der Waals surface area contributed by atoms with Crippen LogP contribution in [0.15, 0.2) is 97.4 Å². The van der Waals surface area contributed by atoms with Gasteiger partial charge < -0.3 is 5.32 Å². The molecule has 3 aromatic rings. The van der Waals surface area contributed by atoms with Crippen molar-refractivity contribution in [2.45, 2.75) is 5.67 Å². The molecule has 1 aliphatic rings. The monoisotopic (exact) mass is 396 g/mol. The molecule has 0 spiro atoms. The van der Waals surface area contributed by atoms with Gasteiger partial charge in [-0.25, -0.2) is 0 Å². The molecule has 4 heteroatoms. The number of hydrogen-bond donors (Lipinski definition) is 1. The Morgan fingerprint density at radius 1 is 0.786 bits per heavy atom. The molecule has 1 N–H and O–H groups in total. The van der Waals surface area contributed by atoms with E-state index in [9.17, 15) is 0 Å². The summed E-state index contributed by atoms with van der Waals surface area (Å²) in [5.74, 6) is 0. The highest BCUT2D eigenvalue weighted by Crippen LogP contribution is 2.07. The number of pyridine rings is 1. The van der Waals surface area contributed by atoms with Crippen LogP contribution >= 0.6 is 0 Å². The lowest BCUT2D eigenvalue weighted by Gasteiger charge is -2.15. The van der Waals surface area contributed by atoms with Crippen molar-refractivity contribution in [3.05, 3.63) is 108 Å². The molecular formula is C24H24N2Si2. The smallest absolute Gasteiger partial charge is 0.111 e. The highest BCUT2D eigenvalue weighted by molar-refractivity contribution is 6.66. The van der Waals surface area contributed by atoms with Crippen LogP contribution in [0.1, 0.15) is 11.1 Å². The molecule has 0 radical (unpaired) electrons. The van der Waals surface area contributed by atoms with Gasteiger partial charge in [-0.15, -0.1) is 0 Å². The van der Waals surface area contributed by atoms with E-state index in [0.717, 1.165) is 0 Å². The summed E-state index contributed by atoms with van der Waals surface area (Å²) in [6, 6.07) is 24.1. The van der Waals surface area contributed by atoms with Crippen molar-refractivity contribution in [3.63, 3.8) is 0 Å². The molecule has 0 amide bonds. The highest BCUT2D eigenvalue weighted by atomic mass is 28.2. The third-order valence-corrected chi connectivity index (χ3v) is 8.41. The summed E-state index contributed by atoms with van der Waals surface area (Å²) < 4.78 is 0. The Kier molecular flexibility index (Phi) is 6.12. The second-order valence-corrected chi connectivity index (χ2v) is 11.0. The summed E-state index contributed by atoms with van der Waals surface area (Å²) in [5, 5.41) is 7.57. The van der Waals surface area contributed by atoms with Crippen molar-refractivity contribution in [2.75, 3.05) is 0 Å². The van der Waals surface area contributed by atoms with Crippen molar-refractivity contribution in [3.8, 4) is 0 Å². The van der Waals surface area contributed by atoms with Crippen molar-refractivity contribution < 1.29 is 0 Å². The molecule has 1 unspecified atom stereocenters. The fourth-order valence-corrected chi connectivity index (χ4v) is 6.19. The van der Waals surface area contributed by atoms with Crippen molar-refractivity contribution in [2.24, 2.45) is 0 Å². The first-order valence-electron chi connectivity index (χ1n) is 9.70. The minimum atomic E-state index is -0.476. The Morgan fingerprint density at radius 3 is 2.11 bits per heavy atom. The molecular weight excluding hydrogens is 372 g/mol. The molecule has 1 aromatic heterocycles. The fraction of sp³-hybridized carbons (Fsp3) is 0.0417. The van der Waals surface area contributed by atoms with Gasteiger partial charge in [0.15, 0.2) is 0 Å². The lowest BCUT2D eigenvalue weighted by Crippen LogP contribution is -2.36. The molecule has 2 nitrogen and oxygen atoms in total. The van der Waals surface area contributed by atoms with Crippen LogP contribution in [0.2, 0.25) is 0 Å². The third kappa shape index (κ3) is 5.28. The molecule has 0 bridgehead atoms. The maximum absolute atomic E-state index is 4.46. The first kappa shape index (κ1) is 18.4. The van der Waals surface area contributed by atoms with Crippen LogP contribution in [-0.2, 0) is 0 Å². The number of allylic oxidation sites excluding steroid dienone is 2. The first-order valence-corrected chi connectivity index (χ1v) is 12.6. The van der Waals surface area contributed by atoms with Gasteiger partial charge in [-0.05, 0) is 35.5 Å². The molecule has 2 aromatic carbocycles. The van der Waals surface area contributed by atoms with Crippen molar-refractivity contribution in [1.29, 1.82) is 0 Å². The van der Waals surface area contributed by atoms with E-state index in [1.807, 2.05) is 24.5 Å². The van der Waals surface area contributed by atoms with E-state index in [0.29, 0.717) is 5.67 Å². The highest BCUT2D eigenvalue weighted by Gasteiger charge is 2.06.